The number of aromatic amines is 1. The number of amides is 1. The number of benzene rings is 2. The lowest BCUT2D eigenvalue weighted by Gasteiger charge is -2.10. The Labute approximate surface area is 126 Å². The van der Waals surface area contributed by atoms with Gasteiger partial charge in [0.15, 0.2) is 0 Å². The highest BCUT2D eigenvalue weighted by atomic mass is 19.1. The van der Waals surface area contributed by atoms with Gasteiger partial charge in [0.25, 0.3) is 5.91 Å². The minimum absolute atomic E-state index is 0.295. The van der Waals surface area contributed by atoms with Crippen molar-refractivity contribution in [2.24, 2.45) is 0 Å². The first-order valence-corrected chi connectivity index (χ1v) is 6.81. The molecule has 4 nitrogen and oxygen atoms in total. The van der Waals surface area contributed by atoms with E-state index in [4.69, 9.17) is 4.74 Å². The molecule has 1 amide bonds. The SMILES string of the molecule is COc1ccc(C)cc1NC(=O)c1cc2c(F)cccc2[nH]1. The van der Waals surface area contributed by atoms with Gasteiger partial charge in [-0.3, -0.25) is 4.79 Å². The zero-order valence-corrected chi connectivity index (χ0v) is 12.2. The number of carbonyl (C=O) groups excluding carboxylic acids is 1. The third-order valence-corrected chi connectivity index (χ3v) is 3.46. The normalized spacial score (nSPS) is 10.7. The van der Waals surface area contributed by atoms with Crippen LogP contribution < -0.4 is 10.1 Å². The molecule has 0 aliphatic rings. The molecule has 2 aromatic carbocycles. The van der Waals surface area contributed by atoms with Gasteiger partial charge < -0.3 is 15.0 Å². The van der Waals surface area contributed by atoms with Gasteiger partial charge in [-0.25, -0.2) is 4.39 Å². The summed E-state index contributed by atoms with van der Waals surface area (Å²) in [6, 6.07) is 11.7. The smallest absolute Gasteiger partial charge is 0.272 e. The fourth-order valence-corrected chi connectivity index (χ4v) is 2.35. The standard InChI is InChI=1S/C17H15FN2O2/c1-10-6-7-16(22-2)14(8-10)20-17(21)15-9-11-12(18)4-3-5-13(11)19-15/h3-9,19H,1-2H3,(H,20,21). The molecule has 0 aliphatic heterocycles. The lowest BCUT2D eigenvalue weighted by atomic mass is 10.2. The number of aryl methyl sites for hydroxylation is 1. The maximum absolute atomic E-state index is 13.7. The highest BCUT2D eigenvalue weighted by Crippen LogP contribution is 2.26. The van der Waals surface area contributed by atoms with E-state index in [1.165, 1.54) is 12.1 Å². The van der Waals surface area contributed by atoms with E-state index in [0.29, 0.717) is 28.0 Å². The van der Waals surface area contributed by atoms with Gasteiger partial charge in [-0.05, 0) is 42.8 Å². The van der Waals surface area contributed by atoms with Crippen molar-refractivity contribution in [1.29, 1.82) is 0 Å². The summed E-state index contributed by atoms with van der Waals surface area (Å²) in [5.74, 6) is -0.137. The number of nitrogens with one attached hydrogen (secondary N) is 2. The van der Waals surface area contributed by atoms with E-state index in [9.17, 15) is 9.18 Å². The van der Waals surface area contributed by atoms with Crippen molar-refractivity contribution in [2.45, 2.75) is 6.92 Å². The maximum Gasteiger partial charge on any atom is 0.272 e. The van der Waals surface area contributed by atoms with Crippen LogP contribution in [0.1, 0.15) is 16.1 Å². The number of rotatable bonds is 3. The molecule has 0 aliphatic carbocycles. The Morgan fingerprint density at radius 3 is 2.77 bits per heavy atom. The first kappa shape index (κ1) is 14.1. The average molecular weight is 298 g/mol. The summed E-state index contributed by atoms with van der Waals surface area (Å²) in [5, 5.41) is 3.17. The number of fused-ring (bicyclic) bond motifs is 1. The third kappa shape index (κ3) is 2.53. The van der Waals surface area contributed by atoms with Crippen molar-refractivity contribution >= 4 is 22.5 Å². The van der Waals surface area contributed by atoms with Crippen molar-refractivity contribution in [1.82, 2.24) is 4.98 Å². The van der Waals surface area contributed by atoms with Crippen LogP contribution in [0.3, 0.4) is 0 Å². The molecular formula is C17H15FN2O2. The van der Waals surface area contributed by atoms with Gasteiger partial charge in [-0.15, -0.1) is 0 Å². The number of halogens is 1. The minimum atomic E-state index is -0.360. The molecule has 5 heteroatoms. The van der Waals surface area contributed by atoms with Crippen LogP contribution in [0.25, 0.3) is 10.9 Å². The summed E-state index contributed by atoms with van der Waals surface area (Å²) < 4.78 is 18.9. The average Bonchev–Trinajstić information content (AvgIpc) is 2.93. The van der Waals surface area contributed by atoms with Crippen LogP contribution in [0, 0.1) is 12.7 Å². The molecule has 0 spiro atoms. The number of hydrogen-bond donors (Lipinski definition) is 2. The second-order valence-electron chi connectivity index (χ2n) is 5.04. The maximum atomic E-state index is 13.7. The topological polar surface area (TPSA) is 54.1 Å². The number of ether oxygens (including phenoxy) is 1. The number of methoxy groups -OCH3 is 1. The first-order valence-electron chi connectivity index (χ1n) is 6.81. The molecule has 1 aromatic heterocycles. The number of hydrogen-bond acceptors (Lipinski definition) is 2. The quantitative estimate of drug-likeness (QED) is 0.771. The lowest BCUT2D eigenvalue weighted by Crippen LogP contribution is -2.13. The van der Waals surface area contributed by atoms with E-state index >= 15 is 0 Å². The molecule has 0 atom stereocenters. The number of carbonyl (C=O) groups is 1. The molecule has 1 heterocycles. The van der Waals surface area contributed by atoms with Crippen molar-refractivity contribution in [3.63, 3.8) is 0 Å². The number of aromatic nitrogens is 1. The highest BCUT2D eigenvalue weighted by Gasteiger charge is 2.14. The Balaban J connectivity index is 1.93. The molecule has 0 saturated heterocycles. The molecule has 22 heavy (non-hydrogen) atoms. The first-order chi connectivity index (χ1) is 10.6. The van der Waals surface area contributed by atoms with Gasteiger partial charge in [0, 0.05) is 10.9 Å². The van der Waals surface area contributed by atoms with E-state index in [0.717, 1.165) is 5.56 Å². The van der Waals surface area contributed by atoms with Crippen molar-refractivity contribution in [3.05, 3.63) is 59.5 Å². The fraction of sp³-hybridized carbons (Fsp3) is 0.118. The molecule has 3 rings (SSSR count). The summed E-state index contributed by atoms with van der Waals surface area (Å²) in [6.45, 7) is 1.92. The summed E-state index contributed by atoms with van der Waals surface area (Å²) in [6.07, 6.45) is 0. The van der Waals surface area contributed by atoms with Crippen molar-refractivity contribution < 1.29 is 13.9 Å². The van der Waals surface area contributed by atoms with E-state index < -0.39 is 0 Å². The Morgan fingerprint density at radius 1 is 1.23 bits per heavy atom. The molecule has 0 fully saturated rings. The zero-order valence-electron chi connectivity index (χ0n) is 12.2. The summed E-state index contributed by atoms with van der Waals surface area (Å²) in [4.78, 5) is 15.3. The summed E-state index contributed by atoms with van der Waals surface area (Å²) in [5.41, 5.74) is 2.45. The van der Waals surface area contributed by atoms with Crippen LogP contribution in [0.4, 0.5) is 10.1 Å². The van der Waals surface area contributed by atoms with Gasteiger partial charge in [0.2, 0.25) is 0 Å². The predicted octanol–water partition coefficient (Wildman–Crippen LogP) is 3.88. The molecule has 0 unspecified atom stereocenters. The fourth-order valence-electron chi connectivity index (χ4n) is 2.35. The largest absolute Gasteiger partial charge is 0.495 e. The molecule has 112 valence electrons. The second kappa shape index (κ2) is 5.52. The van der Waals surface area contributed by atoms with Gasteiger partial charge in [0.05, 0.1) is 12.8 Å². The van der Waals surface area contributed by atoms with Crippen molar-refractivity contribution in [3.8, 4) is 5.75 Å². The lowest BCUT2D eigenvalue weighted by molar-refractivity contribution is 0.102. The number of H-pyrrole nitrogens is 1. The monoisotopic (exact) mass is 298 g/mol. The van der Waals surface area contributed by atoms with Crippen molar-refractivity contribution in [2.75, 3.05) is 12.4 Å². The van der Waals surface area contributed by atoms with Crippen LogP contribution in [-0.2, 0) is 0 Å². The van der Waals surface area contributed by atoms with Crippen LogP contribution in [0.5, 0.6) is 5.75 Å². The van der Waals surface area contributed by atoms with Crippen LogP contribution in [-0.4, -0.2) is 18.0 Å². The Bertz CT molecular complexity index is 855. The molecule has 3 aromatic rings. The van der Waals surface area contributed by atoms with E-state index in [-0.39, 0.29) is 11.7 Å². The second-order valence-corrected chi connectivity index (χ2v) is 5.04. The molecule has 0 bridgehead atoms. The van der Waals surface area contributed by atoms with Crippen LogP contribution in [0.15, 0.2) is 42.5 Å². The molecule has 0 saturated carbocycles. The summed E-state index contributed by atoms with van der Waals surface area (Å²) >= 11 is 0. The van der Waals surface area contributed by atoms with Crippen LogP contribution >= 0.6 is 0 Å². The minimum Gasteiger partial charge on any atom is -0.495 e. The van der Waals surface area contributed by atoms with Gasteiger partial charge in [0.1, 0.15) is 17.3 Å². The molecule has 0 radical (unpaired) electrons. The van der Waals surface area contributed by atoms with Crippen LogP contribution in [0.2, 0.25) is 0 Å². The third-order valence-electron chi connectivity index (χ3n) is 3.46. The van der Waals surface area contributed by atoms with E-state index in [1.807, 2.05) is 19.1 Å². The van der Waals surface area contributed by atoms with Gasteiger partial charge >= 0.3 is 0 Å². The summed E-state index contributed by atoms with van der Waals surface area (Å²) in [7, 11) is 1.54. The van der Waals surface area contributed by atoms with Gasteiger partial charge in [-0.2, -0.15) is 0 Å². The van der Waals surface area contributed by atoms with E-state index in [1.54, 1.807) is 25.3 Å². The highest BCUT2D eigenvalue weighted by molar-refractivity contribution is 6.06. The van der Waals surface area contributed by atoms with Gasteiger partial charge in [-0.1, -0.05) is 12.1 Å². The molecule has 2 N–H and O–H groups in total. The Kier molecular flexibility index (Phi) is 3.55. The van der Waals surface area contributed by atoms with E-state index in [2.05, 4.69) is 10.3 Å². The Morgan fingerprint density at radius 2 is 2.05 bits per heavy atom. The predicted molar refractivity (Wildman–Crippen MR) is 83.9 cm³/mol. The molecular weight excluding hydrogens is 283 g/mol. The Hall–Kier alpha value is -2.82. The number of anilines is 1. The zero-order chi connectivity index (χ0) is 15.7.